The predicted octanol–water partition coefficient (Wildman–Crippen LogP) is 2.74. The van der Waals surface area contributed by atoms with Crippen molar-refractivity contribution < 1.29 is 27.4 Å². The maximum Gasteiger partial charge on any atom is 0.422 e. The van der Waals surface area contributed by atoms with Crippen molar-refractivity contribution in [2.45, 2.75) is 25.6 Å². The second-order valence-corrected chi connectivity index (χ2v) is 5.25. The number of nitrogens with one attached hydrogen (secondary N) is 1. The molecule has 0 aliphatic heterocycles. The summed E-state index contributed by atoms with van der Waals surface area (Å²) in [5.74, 6) is -0.0449. The maximum atomic E-state index is 12.3. The Morgan fingerprint density at radius 3 is 2.76 bits per heavy atom. The number of rotatable bonds is 7. The fraction of sp³-hybridized carbons (Fsp3) is 0.429. The Morgan fingerprint density at radius 2 is 2.16 bits per heavy atom. The molecule has 11 heteroatoms. The molecule has 0 fully saturated rings. The molecule has 1 heterocycles. The van der Waals surface area contributed by atoms with Gasteiger partial charge >= 0.3 is 6.18 Å². The monoisotopic (exact) mass is 360 g/mol. The average Bonchev–Trinajstić information content (AvgIpc) is 3.00. The summed E-state index contributed by atoms with van der Waals surface area (Å²) in [6.45, 7) is 0.364. The molecule has 2 aromatic rings. The summed E-state index contributed by atoms with van der Waals surface area (Å²) in [5.41, 5.74) is -0.489. The van der Waals surface area contributed by atoms with E-state index in [4.69, 9.17) is 4.52 Å². The van der Waals surface area contributed by atoms with Crippen molar-refractivity contribution in [1.82, 2.24) is 15.5 Å². The molecular weight excluding hydrogens is 345 g/mol. The van der Waals surface area contributed by atoms with Crippen molar-refractivity contribution in [3.8, 4) is 17.2 Å². The Morgan fingerprint density at radius 1 is 1.44 bits per heavy atom. The van der Waals surface area contributed by atoms with Crippen molar-refractivity contribution in [3.05, 3.63) is 34.1 Å². The predicted molar refractivity (Wildman–Crippen MR) is 80.2 cm³/mol. The second kappa shape index (κ2) is 7.47. The van der Waals surface area contributed by atoms with Crippen LogP contribution in [0, 0.1) is 10.1 Å². The first-order valence-corrected chi connectivity index (χ1v) is 7.18. The van der Waals surface area contributed by atoms with Gasteiger partial charge < -0.3 is 14.6 Å². The number of alkyl halides is 3. The molecule has 0 amide bonds. The normalized spacial score (nSPS) is 12.8. The van der Waals surface area contributed by atoms with Crippen LogP contribution in [0.2, 0.25) is 0 Å². The Labute approximate surface area is 140 Å². The molecule has 8 nitrogen and oxygen atoms in total. The number of nitro groups is 1. The number of nitrogens with zero attached hydrogens (tertiary/aromatic N) is 3. The summed E-state index contributed by atoms with van der Waals surface area (Å²) in [7, 11) is 1.75. The van der Waals surface area contributed by atoms with Gasteiger partial charge in [0.05, 0.1) is 4.92 Å². The lowest BCUT2D eigenvalue weighted by atomic mass is 10.1. The topological polar surface area (TPSA) is 103 Å². The molecule has 1 N–H and O–H groups in total. The summed E-state index contributed by atoms with van der Waals surface area (Å²) in [5, 5.41) is 17.8. The highest BCUT2D eigenvalue weighted by atomic mass is 19.4. The third-order valence-corrected chi connectivity index (χ3v) is 3.25. The molecule has 1 aromatic heterocycles. The Hall–Kier alpha value is -2.69. The number of nitro benzene ring substituents is 1. The van der Waals surface area contributed by atoms with Crippen LogP contribution in [0.1, 0.15) is 12.7 Å². The maximum absolute atomic E-state index is 12.3. The van der Waals surface area contributed by atoms with Gasteiger partial charge in [-0.25, -0.2) is 0 Å². The van der Waals surface area contributed by atoms with Gasteiger partial charge in [0, 0.05) is 18.5 Å². The minimum Gasteiger partial charge on any atom is -0.484 e. The molecule has 1 unspecified atom stereocenters. The lowest BCUT2D eigenvalue weighted by molar-refractivity contribution is -0.384. The minimum absolute atomic E-state index is 0.0434. The Bertz CT molecular complexity index is 748. The Balaban J connectivity index is 2.32. The molecule has 2 rings (SSSR count). The minimum atomic E-state index is -4.52. The molecular formula is C14H15F3N4O4. The number of hydrogen-bond donors (Lipinski definition) is 1. The number of hydrogen-bond acceptors (Lipinski definition) is 7. The van der Waals surface area contributed by atoms with Crippen molar-refractivity contribution >= 4 is 5.69 Å². The van der Waals surface area contributed by atoms with Crippen LogP contribution in [0.3, 0.4) is 0 Å². The van der Waals surface area contributed by atoms with Crippen LogP contribution >= 0.6 is 0 Å². The third kappa shape index (κ3) is 5.14. The summed E-state index contributed by atoms with van der Waals surface area (Å²) < 4.78 is 46.4. The lowest BCUT2D eigenvalue weighted by Gasteiger charge is -2.09. The number of likely N-dealkylation sites (N-methyl/N-ethyl adjacent to an activating group) is 1. The zero-order valence-electron chi connectivity index (χ0n) is 13.3. The summed E-state index contributed by atoms with van der Waals surface area (Å²) in [6.07, 6.45) is -4.11. The molecule has 0 saturated carbocycles. The van der Waals surface area contributed by atoms with E-state index in [2.05, 4.69) is 20.2 Å². The lowest BCUT2D eigenvalue weighted by Crippen LogP contribution is -2.24. The molecule has 0 radical (unpaired) electrons. The highest BCUT2D eigenvalue weighted by molar-refractivity contribution is 5.68. The molecule has 0 aliphatic rings. The van der Waals surface area contributed by atoms with Crippen LogP contribution < -0.4 is 10.1 Å². The number of aromatic nitrogens is 2. The van der Waals surface area contributed by atoms with E-state index in [1.54, 1.807) is 7.05 Å². The van der Waals surface area contributed by atoms with E-state index in [-0.39, 0.29) is 28.9 Å². The third-order valence-electron chi connectivity index (χ3n) is 3.25. The van der Waals surface area contributed by atoms with Crippen LogP contribution in [-0.2, 0) is 6.42 Å². The summed E-state index contributed by atoms with van der Waals surface area (Å²) >= 11 is 0. The molecule has 136 valence electrons. The van der Waals surface area contributed by atoms with Gasteiger partial charge in [0.25, 0.3) is 11.6 Å². The highest BCUT2D eigenvalue weighted by Gasteiger charge is 2.29. The van der Waals surface area contributed by atoms with Crippen molar-refractivity contribution in [3.63, 3.8) is 0 Å². The fourth-order valence-corrected chi connectivity index (χ4v) is 1.92. The smallest absolute Gasteiger partial charge is 0.422 e. The molecule has 0 spiro atoms. The summed E-state index contributed by atoms with van der Waals surface area (Å²) in [6, 6.07) is 3.22. The zero-order chi connectivity index (χ0) is 18.6. The van der Waals surface area contributed by atoms with Crippen LogP contribution in [0.25, 0.3) is 11.5 Å². The molecule has 0 bridgehead atoms. The molecule has 1 atom stereocenters. The van der Waals surface area contributed by atoms with E-state index in [0.717, 1.165) is 18.2 Å². The van der Waals surface area contributed by atoms with Gasteiger partial charge in [-0.3, -0.25) is 10.1 Å². The highest BCUT2D eigenvalue weighted by Crippen LogP contribution is 2.33. The first-order chi connectivity index (χ1) is 11.7. The largest absolute Gasteiger partial charge is 0.484 e. The van der Waals surface area contributed by atoms with Crippen LogP contribution in [0.5, 0.6) is 5.75 Å². The van der Waals surface area contributed by atoms with Crippen molar-refractivity contribution in [2.24, 2.45) is 0 Å². The van der Waals surface area contributed by atoms with Gasteiger partial charge in [0.1, 0.15) is 11.3 Å². The number of ether oxygens (including phenoxy) is 1. The van der Waals surface area contributed by atoms with Crippen molar-refractivity contribution in [2.75, 3.05) is 13.7 Å². The van der Waals surface area contributed by atoms with E-state index in [1.807, 2.05) is 6.92 Å². The number of halogens is 3. The van der Waals surface area contributed by atoms with E-state index >= 15 is 0 Å². The fourth-order valence-electron chi connectivity index (χ4n) is 1.92. The first-order valence-electron chi connectivity index (χ1n) is 7.18. The quantitative estimate of drug-likeness (QED) is 0.598. The average molecular weight is 360 g/mol. The van der Waals surface area contributed by atoms with Crippen LogP contribution in [0.15, 0.2) is 22.7 Å². The second-order valence-electron chi connectivity index (χ2n) is 5.25. The standard InChI is InChI=1S/C14H15F3N4O4/c1-8(18-2)5-12-19-13(25-20-12)10-6-9(24-7-14(15,16)17)3-4-11(10)21(22)23/h3-4,6,8,18H,5,7H2,1-2H3. The van der Waals surface area contributed by atoms with E-state index < -0.39 is 17.7 Å². The van der Waals surface area contributed by atoms with E-state index in [0.29, 0.717) is 12.2 Å². The van der Waals surface area contributed by atoms with Gasteiger partial charge in [0.2, 0.25) is 0 Å². The van der Waals surface area contributed by atoms with Gasteiger partial charge in [-0.05, 0) is 26.1 Å². The van der Waals surface area contributed by atoms with Crippen LogP contribution in [0.4, 0.5) is 18.9 Å². The summed E-state index contributed by atoms with van der Waals surface area (Å²) in [4.78, 5) is 14.5. The molecule has 0 aliphatic carbocycles. The molecule has 0 saturated heterocycles. The van der Waals surface area contributed by atoms with Crippen LogP contribution in [-0.4, -0.2) is 40.9 Å². The van der Waals surface area contributed by atoms with Gasteiger partial charge in [0.15, 0.2) is 12.4 Å². The zero-order valence-corrected chi connectivity index (χ0v) is 13.3. The van der Waals surface area contributed by atoms with Gasteiger partial charge in [-0.15, -0.1) is 0 Å². The SMILES string of the molecule is CNC(C)Cc1noc(-c2cc(OCC(F)(F)F)ccc2[N+](=O)[O-])n1. The van der Waals surface area contributed by atoms with E-state index in [1.165, 1.54) is 0 Å². The van der Waals surface area contributed by atoms with Crippen molar-refractivity contribution in [1.29, 1.82) is 0 Å². The van der Waals surface area contributed by atoms with E-state index in [9.17, 15) is 23.3 Å². The van der Waals surface area contributed by atoms with Gasteiger partial charge in [-0.1, -0.05) is 5.16 Å². The number of benzene rings is 1. The molecule has 1 aromatic carbocycles. The first kappa shape index (κ1) is 18.6. The van der Waals surface area contributed by atoms with Gasteiger partial charge in [-0.2, -0.15) is 18.2 Å². The Kier molecular flexibility index (Phi) is 5.57. The molecule has 25 heavy (non-hydrogen) atoms.